The van der Waals surface area contributed by atoms with Gasteiger partial charge in [0.05, 0.1) is 19.3 Å². The molecule has 1 N–H and O–H groups in total. The molecule has 1 atom stereocenters. The SMILES string of the molecule is Cc1cccc(OCCCC(=O)N2CCCC2CO)c1. The first-order valence-electron chi connectivity index (χ1n) is 7.30. The van der Waals surface area contributed by atoms with Gasteiger partial charge in [-0.2, -0.15) is 0 Å². The van der Waals surface area contributed by atoms with Gasteiger partial charge in [0, 0.05) is 13.0 Å². The largest absolute Gasteiger partial charge is 0.494 e. The summed E-state index contributed by atoms with van der Waals surface area (Å²) in [4.78, 5) is 13.9. The van der Waals surface area contributed by atoms with E-state index in [9.17, 15) is 9.90 Å². The van der Waals surface area contributed by atoms with Crippen LogP contribution in [0.4, 0.5) is 0 Å². The number of rotatable bonds is 6. The van der Waals surface area contributed by atoms with Gasteiger partial charge in [-0.1, -0.05) is 12.1 Å². The number of likely N-dealkylation sites (tertiary alicyclic amines) is 1. The second-order valence-electron chi connectivity index (χ2n) is 5.33. The van der Waals surface area contributed by atoms with Crippen LogP contribution in [0.1, 0.15) is 31.2 Å². The van der Waals surface area contributed by atoms with Gasteiger partial charge >= 0.3 is 0 Å². The van der Waals surface area contributed by atoms with Crippen LogP contribution in [0.15, 0.2) is 24.3 Å². The van der Waals surface area contributed by atoms with Crippen molar-refractivity contribution < 1.29 is 14.6 Å². The number of aliphatic hydroxyl groups excluding tert-OH is 1. The van der Waals surface area contributed by atoms with Crippen LogP contribution in [-0.2, 0) is 4.79 Å². The first-order chi connectivity index (χ1) is 9.70. The van der Waals surface area contributed by atoms with Gasteiger partial charge in [0.25, 0.3) is 0 Å². The molecule has 0 aliphatic carbocycles. The third kappa shape index (κ3) is 3.97. The van der Waals surface area contributed by atoms with Crippen molar-refractivity contribution in [3.05, 3.63) is 29.8 Å². The lowest BCUT2D eigenvalue weighted by molar-refractivity contribution is -0.132. The molecule has 0 bridgehead atoms. The number of aliphatic hydroxyl groups is 1. The quantitative estimate of drug-likeness (QED) is 0.810. The summed E-state index contributed by atoms with van der Waals surface area (Å²) in [6, 6.07) is 7.94. The summed E-state index contributed by atoms with van der Waals surface area (Å²) in [5.74, 6) is 0.987. The molecular formula is C16H23NO3. The number of carbonyl (C=O) groups is 1. The van der Waals surface area contributed by atoms with Crippen molar-refractivity contribution in [3.63, 3.8) is 0 Å². The summed E-state index contributed by atoms with van der Waals surface area (Å²) < 4.78 is 5.63. The molecule has 1 amide bonds. The highest BCUT2D eigenvalue weighted by molar-refractivity contribution is 5.76. The highest BCUT2D eigenvalue weighted by atomic mass is 16.5. The Morgan fingerprint density at radius 3 is 3.10 bits per heavy atom. The molecule has 4 heteroatoms. The Kier molecular flexibility index (Phi) is 5.41. The monoisotopic (exact) mass is 277 g/mol. The normalized spacial score (nSPS) is 18.3. The Morgan fingerprint density at radius 1 is 1.50 bits per heavy atom. The standard InChI is InChI=1S/C16H23NO3/c1-13-5-2-7-15(11-13)20-10-4-8-16(19)17-9-3-6-14(17)12-18/h2,5,7,11,14,18H,3-4,6,8-10,12H2,1H3. The van der Waals surface area contributed by atoms with E-state index in [0.717, 1.165) is 25.1 Å². The zero-order chi connectivity index (χ0) is 14.4. The van der Waals surface area contributed by atoms with Crippen molar-refractivity contribution >= 4 is 5.91 Å². The summed E-state index contributed by atoms with van der Waals surface area (Å²) in [7, 11) is 0. The molecule has 1 saturated heterocycles. The molecule has 1 aromatic rings. The lowest BCUT2D eigenvalue weighted by Crippen LogP contribution is -2.37. The molecule has 2 rings (SSSR count). The van der Waals surface area contributed by atoms with Crippen LogP contribution in [0.2, 0.25) is 0 Å². The molecule has 1 aliphatic rings. The topological polar surface area (TPSA) is 49.8 Å². The number of hydrogen-bond donors (Lipinski definition) is 1. The van der Waals surface area contributed by atoms with Crippen LogP contribution in [0.5, 0.6) is 5.75 Å². The fourth-order valence-electron chi connectivity index (χ4n) is 2.62. The van der Waals surface area contributed by atoms with Gasteiger partial charge in [-0.3, -0.25) is 4.79 Å². The Morgan fingerprint density at radius 2 is 2.35 bits per heavy atom. The molecular weight excluding hydrogens is 254 g/mol. The number of benzene rings is 1. The molecule has 1 aromatic carbocycles. The predicted molar refractivity (Wildman–Crippen MR) is 77.7 cm³/mol. The summed E-state index contributed by atoms with van der Waals surface area (Å²) in [6.07, 6.45) is 3.11. The molecule has 4 nitrogen and oxygen atoms in total. The summed E-state index contributed by atoms with van der Waals surface area (Å²) in [5.41, 5.74) is 1.17. The lowest BCUT2D eigenvalue weighted by atomic mass is 10.2. The van der Waals surface area contributed by atoms with Crippen LogP contribution in [0, 0.1) is 6.92 Å². The maximum absolute atomic E-state index is 12.0. The highest BCUT2D eigenvalue weighted by Gasteiger charge is 2.27. The molecule has 0 saturated carbocycles. The first-order valence-corrected chi connectivity index (χ1v) is 7.30. The van der Waals surface area contributed by atoms with Crippen LogP contribution in [0.25, 0.3) is 0 Å². The van der Waals surface area contributed by atoms with Gasteiger partial charge in [-0.25, -0.2) is 0 Å². The van der Waals surface area contributed by atoms with Crippen molar-refractivity contribution in [1.82, 2.24) is 4.90 Å². The molecule has 1 fully saturated rings. The minimum Gasteiger partial charge on any atom is -0.494 e. The van der Waals surface area contributed by atoms with Crippen molar-refractivity contribution in [2.45, 2.75) is 38.6 Å². The molecule has 0 radical (unpaired) electrons. The van der Waals surface area contributed by atoms with Gasteiger partial charge in [0.15, 0.2) is 0 Å². The van der Waals surface area contributed by atoms with Gasteiger partial charge < -0.3 is 14.7 Å². The zero-order valence-corrected chi connectivity index (χ0v) is 12.0. The van der Waals surface area contributed by atoms with Crippen molar-refractivity contribution in [3.8, 4) is 5.75 Å². The summed E-state index contributed by atoms with van der Waals surface area (Å²) in [6.45, 7) is 3.43. The predicted octanol–water partition coefficient (Wildman–Crippen LogP) is 2.14. The summed E-state index contributed by atoms with van der Waals surface area (Å²) >= 11 is 0. The number of ether oxygens (including phenoxy) is 1. The molecule has 0 spiro atoms. The number of carbonyl (C=O) groups excluding carboxylic acids is 1. The minimum absolute atomic E-state index is 0.0280. The van der Waals surface area contributed by atoms with Crippen LogP contribution < -0.4 is 4.74 Å². The van der Waals surface area contributed by atoms with Gasteiger partial charge in [-0.15, -0.1) is 0 Å². The molecule has 1 heterocycles. The lowest BCUT2D eigenvalue weighted by Gasteiger charge is -2.23. The minimum atomic E-state index is 0.0280. The fourth-order valence-corrected chi connectivity index (χ4v) is 2.62. The number of hydrogen-bond acceptors (Lipinski definition) is 3. The van der Waals surface area contributed by atoms with Crippen LogP contribution in [0.3, 0.4) is 0 Å². The van der Waals surface area contributed by atoms with Crippen molar-refractivity contribution in [1.29, 1.82) is 0 Å². The fraction of sp³-hybridized carbons (Fsp3) is 0.562. The smallest absolute Gasteiger partial charge is 0.223 e. The zero-order valence-electron chi connectivity index (χ0n) is 12.0. The van der Waals surface area contributed by atoms with E-state index in [1.807, 2.05) is 36.1 Å². The molecule has 1 unspecified atom stereocenters. The van der Waals surface area contributed by atoms with Crippen molar-refractivity contribution in [2.24, 2.45) is 0 Å². The Bertz CT molecular complexity index is 447. The van der Waals surface area contributed by atoms with Gasteiger partial charge in [0.2, 0.25) is 5.91 Å². The Labute approximate surface area is 120 Å². The maximum Gasteiger partial charge on any atom is 0.223 e. The second-order valence-corrected chi connectivity index (χ2v) is 5.33. The van der Waals surface area contributed by atoms with E-state index in [2.05, 4.69) is 0 Å². The summed E-state index contributed by atoms with van der Waals surface area (Å²) in [5, 5.41) is 9.21. The van der Waals surface area contributed by atoms with Crippen molar-refractivity contribution in [2.75, 3.05) is 19.8 Å². The van der Waals surface area contributed by atoms with Crippen LogP contribution in [-0.4, -0.2) is 41.7 Å². The Balaban J connectivity index is 1.69. The third-order valence-corrected chi connectivity index (χ3v) is 3.70. The average Bonchev–Trinajstić information content (AvgIpc) is 2.92. The average molecular weight is 277 g/mol. The number of aryl methyl sites for hydroxylation is 1. The Hall–Kier alpha value is -1.55. The first kappa shape index (κ1) is 14.9. The van der Waals surface area contributed by atoms with E-state index in [1.54, 1.807) is 0 Å². The van der Waals surface area contributed by atoms with E-state index in [1.165, 1.54) is 5.56 Å². The molecule has 20 heavy (non-hydrogen) atoms. The van der Waals surface area contributed by atoms with E-state index in [0.29, 0.717) is 19.4 Å². The van der Waals surface area contributed by atoms with E-state index >= 15 is 0 Å². The molecule has 110 valence electrons. The molecule has 1 aliphatic heterocycles. The van der Waals surface area contributed by atoms with E-state index in [4.69, 9.17) is 4.74 Å². The van der Waals surface area contributed by atoms with Gasteiger partial charge in [0.1, 0.15) is 5.75 Å². The third-order valence-electron chi connectivity index (χ3n) is 3.70. The number of nitrogens with zero attached hydrogens (tertiary/aromatic N) is 1. The highest BCUT2D eigenvalue weighted by Crippen LogP contribution is 2.18. The van der Waals surface area contributed by atoms with Gasteiger partial charge in [-0.05, 0) is 43.9 Å². The second kappa shape index (κ2) is 7.29. The van der Waals surface area contributed by atoms with E-state index in [-0.39, 0.29) is 18.6 Å². The van der Waals surface area contributed by atoms with E-state index < -0.39 is 0 Å². The molecule has 0 aromatic heterocycles. The van der Waals surface area contributed by atoms with Crippen LogP contribution >= 0.6 is 0 Å². The number of amides is 1. The maximum atomic E-state index is 12.0.